The molecule has 0 unspecified atom stereocenters. The van der Waals surface area contributed by atoms with Crippen LogP contribution in [0.4, 0.5) is 4.39 Å². The van der Waals surface area contributed by atoms with E-state index in [0.29, 0.717) is 11.1 Å². The zero-order valence-electron chi connectivity index (χ0n) is 7.70. The average Bonchev–Trinajstić information content (AvgIpc) is 2.66. The highest BCUT2D eigenvalue weighted by Gasteiger charge is 2.15. The number of esters is 1. The molecule has 0 amide bonds. The fraction of sp³-hybridized carbons (Fsp3) is 0.111. The highest BCUT2D eigenvalue weighted by Crippen LogP contribution is 2.20. The molecule has 2 heterocycles. The molecule has 4 nitrogen and oxygen atoms in total. The number of fused-ring (bicyclic) bond motifs is 1. The Morgan fingerprint density at radius 2 is 2.33 bits per heavy atom. The molecule has 6 heteroatoms. The van der Waals surface area contributed by atoms with Gasteiger partial charge in [0, 0.05) is 0 Å². The van der Waals surface area contributed by atoms with Crippen LogP contribution in [0.25, 0.3) is 5.52 Å². The lowest BCUT2D eigenvalue weighted by molar-refractivity contribution is 0.0603. The van der Waals surface area contributed by atoms with Gasteiger partial charge in [-0.05, 0) is 28.1 Å². The third-order valence-electron chi connectivity index (χ3n) is 1.98. The first-order chi connectivity index (χ1) is 7.15. The molecule has 0 saturated carbocycles. The van der Waals surface area contributed by atoms with Crippen molar-refractivity contribution in [3.8, 4) is 0 Å². The van der Waals surface area contributed by atoms with E-state index in [-0.39, 0.29) is 4.60 Å². The van der Waals surface area contributed by atoms with Gasteiger partial charge in [-0.15, -0.1) is 0 Å². The Morgan fingerprint density at radius 3 is 3.00 bits per heavy atom. The van der Waals surface area contributed by atoms with E-state index in [0.717, 1.165) is 0 Å². The molecule has 0 spiro atoms. The lowest BCUT2D eigenvalue weighted by Crippen LogP contribution is -2.01. The quantitative estimate of drug-likeness (QED) is 0.589. The van der Waals surface area contributed by atoms with Crippen molar-refractivity contribution in [3.63, 3.8) is 0 Å². The van der Waals surface area contributed by atoms with Gasteiger partial charge in [-0.25, -0.2) is 13.7 Å². The Morgan fingerprint density at radius 1 is 1.60 bits per heavy atom. The fourth-order valence-electron chi connectivity index (χ4n) is 1.26. The van der Waals surface area contributed by atoms with E-state index in [1.54, 1.807) is 0 Å². The van der Waals surface area contributed by atoms with Crippen LogP contribution in [0.15, 0.2) is 22.9 Å². The van der Waals surface area contributed by atoms with Crippen LogP contribution in [0.1, 0.15) is 10.4 Å². The summed E-state index contributed by atoms with van der Waals surface area (Å²) >= 11 is 3.04. The van der Waals surface area contributed by atoms with E-state index in [1.165, 1.54) is 30.0 Å². The molecule has 0 aromatic carbocycles. The lowest BCUT2D eigenvalue weighted by Gasteiger charge is -1.99. The second-order valence-electron chi connectivity index (χ2n) is 2.82. The summed E-state index contributed by atoms with van der Waals surface area (Å²) in [6.07, 6.45) is 1.34. The van der Waals surface area contributed by atoms with Crippen LogP contribution in [-0.4, -0.2) is 22.7 Å². The molecule has 0 bridgehead atoms. The van der Waals surface area contributed by atoms with Crippen LogP contribution in [0.3, 0.4) is 0 Å². The first kappa shape index (κ1) is 10.1. The number of carbonyl (C=O) groups excluding carboxylic acids is 1. The Labute approximate surface area is 92.8 Å². The normalized spacial score (nSPS) is 10.6. The molecule has 0 fully saturated rings. The molecule has 0 saturated heterocycles. The minimum atomic E-state index is -0.497. The van der Waals surface area contributed by atoms with Gasteiger partial charge in [0.2, 0.25) is 0 Å². The molecule has 15 heavy (non-hydrogen) atoms. The van der Waals surface area contributed by atoms with Crippen molar-refractivity contribution in [1.29, 1.82) is 0 Å². The summed E-state index contributed by atoms with van der Waals surface area (Å²) in [4.78, 5) is 11.3. The van der Waals surface area contributed by atoms with E-state index in [2.05, 4.69) is 25.8 Å². The summed E-state index contributed by atoms with van der Waals surface area (Å²) in [6.45, 7) is 0. The number of carbonyl (C=O) groups is 1. The first-order valence-electron chi connectivity index (χ1n) is 4.05. The minimum Gasteiger partial charge on any atom is -0.465 e. The maximum atomic E-state index is 13.1. The molecule has 2 aromatic heterocycles. The molecule has 78 valence electrons. The van der Waals surface area contributed by atoms with Crippen molar-refractivity contribution in [2.24, 2.45) is 0 Å². The van der Waals surface area contributed by atoms with Gasteiger partial charge < -0.3 is 4.74 Å². The molecule has 2 aromatic rings. The molecule has 2 rings (SSSR count). The number of aromatic nitrogens is 2. The van der Waals surface area contributed by atoms with Gasteiger partial charge in [0.05, 0.1) is 18.8 Å². The second kappa shape index (κ2) is 3.62. The number of methoxy groups -OCH3 is 1. The van der Waals surface area contributed by atoms with Crippen molar-refractivity contribution < 1.29 is 13.9 Å². The van der Waals surface area contributed by atoms with Gasteiger partial charge >= 0.3 is 5.97 Å². The third-order valence-corrected chi connectivity index (χ3v) is 2.70. The average molecular weight is 273 g/mol. The van der Waals surface area contributed by atoms with E-state index < -0.39 is 11.8 Å². The van der Waals surface area contributed by atoms with Gasteiger partial charge in [0.1, 0.15) is 10.2 Å². The molecule has 0 atom stereocenters. The number of hydrogen-bond acceptors (Lipinski definition) is 3. The third kappa shape index (κ3) is 1.50. The predicted octanol–water partition coefficient (Wildman–Crippen LogP) is 2.02. The van der Waals surface area contributed by atoms with Gasteiger partial charge in [-0.2, -0.15) is 5.10 Å². The topological polar surface area (TPSA) is 43.6 Å². The standard InChI is InChI=1S/C9H6BrFN2O2/c1-15-9(14)5-4-12-13-7(5)3-2-6(11)8(13)10/h2-4H,1H3. The number of halogens is 2. The Balaban J connectivity index is 2.72. The van der Waals surface area contributed by atoms with Crippen LogP contribution >= 0.6 is 15.9 Å². The molecular formula is C9H6BrFN2O2. The summed E-state index contributed by atoms with van der Waals surface area (Å²) in [7, 11) is 1.28. The van der Waals surface area contributed by atoms with Crippen LogP contribution in [0, 0.1) is 5.82 Å². The van der Waals surface area contributed by atoms with Gasteiger partial charge in [-0.1, -0.05) is 0 Å². The lowest BCUT2D eigenvalue weighted by atomic mass is 10.2. The molecule has 0 N–H and O–H groups in total. The predicted molar refractivity (Wildman–Crippen MR) is 54.2 cm³/mol. The fourth-order valence-corrected chi connectivity index (χ4v) is 1.68. The highest BCUT2D eigenvalue weighted by atomic mass is 79.9. The second-order valence-corrected chi connectivity index (χ2v) is 3.57. The summed E-state index contributed by atoms with van der Waals surface area (Å²) in [5.41, 5.74) is 0.799. The van der Waals surface area contributed by atoms with E-state index in [9.17, 15) is 9.18 Å². The number of rotatable bonds is 1. The van der Waals surface area contributed by atoms with Crippen LogP contribution in [0.5, 0.6) is 0 Å². The maximum Gasteiger partial charge on any atom is 0.341 e. The van der Waals surface area contributed by atoms with E-state index in [1.807, 2.05) is 0 Å². The highest BCUT2D eigenvalue weighted by molar-refractivity contribution is 9.10. The molecule has 0 radical (unpaired) electrons. The van der Waals surface area contributed by atoms with Gasteiger partial charge in [-0.3, -0.25) is 0 Å². The summed E-state index contributed by atoms with van der Waals surface area (Å²) in [6, 6.07) is 2.73. The van der Waals surface area contributed by atoms with E-state index in [4.69, 9.17) is 0 Å². The Kier molecular flexibility index (Phi) is 2.44. The van der Waals surface area contributed by atoms with Crippen LogP contribution < -0.4 is 0 Å². The molecule has 0 aliphatic heterocycles. The van der Waals surface area contributed by atoms with Gasteiger partial charge in [0.15, 0.2) is 5.82 Å². The summed E-state index contributed by atoms with van der Waals surface area (Å²) in [5.74, 6) is -0.939. The number of nitrogens with zero attached hydrogens (tertiary/aromatic N) is 2. The zero-order valence-corrected chi connectivity index (χ0v) is 9.28. The summed E-state index contributed by atoms with van der Waals surface area (Å²) in [5, 5.41) is 3.88. The van der Waals surface area contributed by atoms with Crippen molar-refractivity contribution in [3.05, 3.63) is 34.3 Å². The van der Waals surface area contributed by atoms with Crippen LogP contribution in [-0.2, 0) is 4.74 Å². The number of ether oxygens (including phenoxy) is 1. The maximum absolute atomic E-state index is 13.1. The SMILES string of the molecule is COC(=O)c1cnn2c(Br)c(F)ccc12. The van der Waals surface area contributed by atoms with Crippen LogP contribution in [0.2, 0.25) is 0 Å². The van der Waals surface area contributed by atoms with Crippen molar-refractivity contribution in [2.45, 2.75) is 0 Å². The van der Waals surface area contributed by atoms with Crippen molar-refractivity contribution in [2.75, 3.05) is 7.11 Å². The smallest absolute Gasteiger partial charge is 0.341 e. The number of pyridine rings is 1. The van der Waals surface area contributed by atoms with E-state index >= 15 is 0 Å². The Hall–Kier alpha value is -1.43. The number of hydrogen-bond donors (Lipinski definition) is 0. The zero-order chi connectivity index (χ0) is 11.0. The Bertz CT molecular complexity index is 538. The molecule has 0 aliphatic carbocycles. The van der Waals surface area contributed by atoms with Crippen molar-refractivity contribution in [1.82, 2.24) is 9.61 Å². The minimum absolute atomic E-state index is 0.176. The molecular weight excluding hydrogens is 267 g/mol. The largest absolute Gasteiger partial charge is 0.465 e. The van der Waals surface area contributed by atoms with Gasteiger partial charge in [0.25, 0.3) is 0 Å². The van der Waals surface area contributed by atoms with Crippen molar-refractivity contribution >= 4 is 27.4 Å². The first-order valence-corrected chi connectivity index (χ1v) is 4.84. The monoisotopic (exact) mass is 272 g/mol. The molecule has 0 aliphatic rings. The summed E-state index contributed by atoms with van der Waals surface area (Å²) < 4.78 is 19.2.